The first-order valence-electron chi connectivity index (χ1n) is 10.9. The quantitative estimate of drug-likeness (QED) is 0.464. The SMILES string of the molecule is CC(C)(C)OC(=O)NCc1cn([C@]2(C(=O)O)CN3C(=O)[C@@H](NC(=O)Cc4ccccc4)[C@H]3S2)nn1. The molecule has 12 nitrogen and oxygen atoms in total. The largest absolute Gasteiger partial charge is 0.479 e. The number of rotatable bonds is 7. The number of aliphatic carboxylic acids is 1. The first-order chi connectivity index (χ1) is 16.5. The number of hydrogen-bond acceptors (Lipinski definition) is 8. The predicted octanol–water partition coefficient (Wildman–Crippen LogP) is 0.683. The highest BCUT2D eigenvalue weighted by Crippen LogP contribution is 2.49. The Bertz CT molecular complexity index is 1150. The second-order valence-corrected chi connectivity index (χ2v) is 10.7. The topological polar surface area (TPSA) is 156 Å². The van der Waals surface area contributed by atoms with E-state index in [0.717, 1.165) is 17.3 Å². The fourth-order valence-electron chi connectivity index (χ4n) is 3.81. The number of hydrogen-bond donors (Lipinski definition) is 3. The lowest BCUT2D eigenvalue weighted by Crippen LogP contribution is -2.67. The lowest BCUT2D eigenvalue weighted by atomic mass is 10.1. The second-order valence-electron chi connectivity index (χ2n) is 9.28. The Labute approximate surface area is 205 Å². The van der Waals surface area contributed by atoms with Gasteiger partial charge in [0.15, 0.2) is 0 Å². The average molecular weight is 503 g/mol. The van der Waals surface area contributed by atoms with Crippen molar-refractivity contribution < 1.29 is 29.0 Å². The fraction of sp³-hybridized carbons (Fsp3) is 0.455. The van der Waals surface area contributed by atoms with Crippen molar-refractivity contribution in [2.75, 3.05) is 6.54 Å². The number of fused-ring (bicyclic) bond motifs is 1. The number of nitrogens with zero attached hydrogens (tertiary/aromatic N) is 4. The molecule has 35 heavy (non-hydrogen) atoms. The van der Waals surface area contributed by atoms with Crippen LogP contribution in [0.2, 0.25) is 0 Å². The number of carboxylic acids is 1. The van der Waals surface area contributed by atoms with Crippen LogP contribution in [0.4, 0.5) is 4.79 Å². The molecule has 0 saturated carbocycles. The molecule has 0 spiro atoms. The van der Waals surface area contributed by atoms with Crippen LogP contribution in [0.5, 0.6) is 0 Å². The molecule has 3 heterocycles. The van der Waals surface area contributed by atoms with Crippen molar-refractivity contribution in [1.82, 2.24) is 30.5 Å². The van der Waals surface area contributed by atoms with E-state index >= 15 is 0 Å². The van der Waals surface area contributed by atoms with Crippen LogP contribution in [0, 0.1) is 0 Å². The zero-order chi connectivity index (χ0) is 25.4. The van der Waals surface area contributed by atoms with Crippen LogP contribution in [0.15, 0.2) is 36.5 Å². The Morgan fingerprint density at radius 1 is 1.26 bits per heavy atom. The summed E-state index contributed by atoms with van der Waals surface area (Å²) in [6.07, 6.45) is 0.889. The van der Waals surface area contributed by atoms with E-state index in [-0.39, 0.29) is 31.3 Å². The molecule has 3 atom stereocenters. The first-order valence-corrected chi connectivity index (χ1v) is 11.8. The van der Waals surface area contributed by atoms with Crippen LogP contribution in [0.3, 0.4) is 0 Å². The van der Waals surface area contributed by atoms with Gasteiger partial charge in [-0.25, -0.2) is 14.3 Å². The highest BCUT2D eigenvalue weighted by atomic mass is 32.2. The molecule has 3 N–H and O–H groups in total. The van der Waals surface area contributed by atoms with Gasteiger partial charge in [0.2, 0.25) is 16.7 Å². The summed E-state index contributed by atoms with van der Waals surface area (Å²) in [5.41, 5.74) is 0.469. The number of carbonyl (C=O) groups excluding carboxylic acids is 3. The van der Waals surface area contributed by atoms with Crippen LogP contribution < -0.4 is 10.6 Å². The van der Waals surface area contributed by atoms with E-state index in [4.69, 9.17) is 4.74 Å². The average Bonchev–Trinajstić information content (AvgIpc) is 3.40. The maximum atomic E-state index is 12.7. The Morgan fingerprint density at radius 3 is 2.63 bits per heavy atom. The summed E-state index contributed by atoms with van der Waals surface area (Å²) in [7, 11) is 0. The molecule has 0 radical (unpaired) electrons. The molecule has 2 aliphatic rings. The number of ether oxygens (including phenoxy) is 1. The first kappa shape index (κ1) is 24.5. The fourth-order valence-corrected chi connectivity index (χ4v) is 5.34. The maximum Gasteiger partial charge on any atom is 0.407 e. The van der Waals surface area contributed by atoms with E-state index < -0.39 is 34.0 Å². The number of aromatic nitrogens is 3. The monoisotopic (exact) mass is 502 g/mol. The molecule has 1 aromatic carbocycles. The van der Waals surface area contributed by atoms with Gasteiger partial charge >= 0.3 is 12.1 Å². The summed E-state index contributed by atoms with van der Waals surface area (Å²) >= 11 is 1.01. The van der Waals surface area contributed by atoms with Crippen LogP contribution in [-0.4, -0.2) is 72.4 Å². The Hall–Kier alpha value is -3.61. The van der Waals surface area contributed by atoms with Gasteiger partial charge in [-0.1, -0.05) is 47.3 Å². The third-order valence-electron chi connectivity index (χ3n) is 5.42. The van der Waals surface area contributed by atoms with Crippen molar-refractivity contribution >= 4 is 35.6 Å². The van der Waals surface area contributed by atoms with Crippen molar-refractivity contribution in [2.45, 2.75) is 55.6 Å². The molecule has 2 aliphatic heterocycles. The lowest BCUT2D eigenvalue weighted by molar-refractivity contribution is -0.151. The molecular formula is C22H26N6O6S. The number of carboxylic acid groups (broad SMARTS) is 1. The number of benzene rings is 1. The summed E-state index contributed by atoms with van der Waals surface area (Å²) in [4.78, 5) is 49.1. The molecule has 13 heteroatoms. The van der Waals surface area contributed by atoms with Gasteiger partial charge in [0, 0.05) is 0 Å². The summed E-state index contributed by atoms with van der Waals surface area (Å²) < 4.78 is 6.35. The van der Waals surface area contributed by atoms with E-state index in [2.05, 4.69) is 20.9 Å². The summed E-state index contributed by atoms with van der Waals surface area (Å²) in [6.45, 7) is 5.06. The van der Waals surface area contributed by atoms with Crippen LogP contribution in [0.25, 0.3) is 0 Å². The van der Waals surface area contributed by atoms with Crippen molar-refractivity contribution in [3.8, 4) is 0 Å². The second kappa shape index (κ2) is 9.21. The molecule has 2 aromatic rings. The van der Waals surface area contributed by atoms with E-state index in [1.54, 1.807) is 20.8 Å². The van der Waals surface area contributed by atoms with Gasteiger partial charge in [0.1, 0.15) is 22.7 Å². The Kier molecular flexibility index (Phi) is 6.45. The summed E-state index contributed by atoms with van der Waals surface area (Å²) in [5.74, 6) is -1.87. The highest BCUT2D eigenvalue weighted by molar-refractivity contribution is 8.01. The minimum atomic E-state index is -1.61. The van der Waals surface area contributed by atoms with Gasteiger partial charge < -0.3 is 25.4 Å². The standard InChI is InChI=1S/C22H26N6O6S/c1-21(2,3)34-20(33)23-10-14-11-28(26-25-14)22(19(31)32)12-27-17(30)16(18(27)35-22)24-15(29)9-13-7-5-4-6-8-13/h4-8,11,16,18H,9-10,12H2,1-3H3,(H,23,33)(H,24,29)(H,31,32)/t16-,18-,22-/m1/s1. The Morgan fingerprint density at radius 2 is 1.97 bits per heavy atom. The van der Waals surface area contributed by atoms with Gasteiger partial charge in [-0.15, -0.1) is 5.10 Å². The smallest absolute Gasteiger partial charge is 0.407 e. The molecule has 2 saturated heterocycles. The number of amides is 3. The van der Waals surface area contributed by atoms with Gasteiger partial charge in [-0.2, -0.15) is 0 Å². The van der Waals surface area contributed by atoms with E-state index in [9.17, 15) is 24.3 Å². The molecule has 0 bridgehead atoms. The molecular weight excluding hydrogens is 476 g/mol. The predicted molar refractivity (Wildman–Crippen MR) is 124 cm³/mol. The van der Waals surface area contributed by atoms with Gasteiger partial charge in [-0.3, -0.25) is 9.59 Å². The Balaban J connectivity index is 1.41. The van der Waals surface area contributed by atoms with Gasteiger partial charge in [0.05, 0.1) is 25.7 Å². The third-order valence-corrected chi connectivity index (χ3v) is 7.07. The zero-order valence-electron chi connectivity index (χ0n) is 19.4. The summed E-state index contributed by atoms with van der Waals surface area (Å²) in [6, 6.07) is 8.29. The number of β-lactam (4-membered cyclic amide) rings is 1. The van der Waals surface area contributed by atoms with Gasteiger partial charge in [-0.05, 0) is 26.3 Å². The highest BCUT2D eigenvalue weighted by Gasteiger charge is 2.63. The molecule has 2 fully saturated rings. The number of thioether (sulfide) groups is 1. The van der Waals surface area contributed by atoms with E-state index in [1.165, 1.54) is 15.8 Å². The molecule has 186 valence electrons. The molecule has 3 amide bonds. The molecule has 4 rings (SSSR count). The minimum absolute atomic E-state index is 0.0144. The van der Waals surface area contributed by atoms with Crippen LogP contribution in [-0.2, 0) is 37.0 Å². The van der Waals surface area contributed by atoms with E-state index in [0.29, 0.717) is 5.69 Å². The molecule has 0 unspecified atom stereocenters. The molecule has 1 aromatic heterocycles. The molecule has 0 aliphatic carbocycles. The summed E-state index contributed by atoms with van der Waals surface area (Å²) in [5, 5.41) is 22.7. The number of alkyl carbamates (subject to hydrolysis) is 1. The number of nitrogens with one attached hydrogen (secondary N) is 2. The number of carbonyl (C=O) groups is 4. The maximum absolute atomic E-state index is 12.7. The minimum Gasteiger partial charge on any atom is -0.479 e. The van der Waals surface area contributed by atoms with Crippen molar-refractivity contribution in [3.05, 3.63) is 47.8 Å². The van der Waals surface area contributed by atoms with Crippen molar-refractivity contribution in [1.29, 1.82) is 0 Å². The van der Waals surface area contributed by atoms with Crippen molar-refractivity contribution in [2.24, 2.45) is 0 Å². The van der Waals surface area contributed by atoms with Crippen molar-refractivity contribution in [3.63, 3.8) is 0 Å². The normalized spacial score (nSPS) is 23.3. The van der Waals surface area contributed by atoms with E-state index in [1.807, 2.05) is 30.3 Å². The zero-order valence-corrected chi connectivity index (χ0v) is 20.2. The van der Waals surface area contributed by atoms with Crippen LogP contribution >= 0.6 is 11.8 Å². The third kappa shape index (κ3) is 5.09. The van der Waals surface area contributed by atoms with Crippen LogP contribution in [0.1, 0.15) is 32.0 Å². The van der Waals surface area contributed by atoms with Gasteiger partial charge in [0.25, 0.3) is 0 Å². The lowest BCUT2D eigenvalue weighted by Gasteiger charge is -2.41.